The molecule has 1 aliphatic rings. The molecule has 1 aromatic carbocycles. The van der Waals surface area contributed by atoms with Crippen LogP contribution in [0.3, 0.4) is 0 Å². The highest BCUT2D eigenvalue weighted by molar-refractivity contribution is 5.92. The summed E-state index contributed by atoms with van der Waals surface area (Å²) in [7, 11) is 1.68. The molecule has 0 radical (unpaired) electrons. The summed E-state index contributed by atoms with van der Waals surface area (Å²) in [5.74, 6) is 0.828. The van der Waals surface area contributed by atoms with Gasteiger partial charge < -0.3 is 15.4 Å². The van der Waals surface area contributed by atoms with E-state index in [0.29, 0.717) is 6.54 Å². The number of carbonyl (C=O) groups excluding carboxylic acids is 1. The summed E-state index contributed by atoms with van der Waals surface area (Å²) in [5.41, 5.74) is 1.86. The molecule has 1 unspecified atom stereocenters. The molecule has 0 spiro atoms. The van der Waals surface area contributed by atoms with Crippen LogP contribution in [0.25, 0.3) is 0 Å². The fourth-order valence-electron chi connectivity index (χ4n) is 3.00. The second-order valence-corrected chi connectivity index (χ2v) is 5.72. The molecule has 1 atom stereocenters. The Labute approximate surface area is 141 Å². The Morgan fingerprint density at radius 1 is 1.33 bits per heavy atom. The van der Waals surface area contributed by atoms with Crippen molar-refractivity contribution in [2.75, 3.05) is 38.6 Å². The average Bonchev–Trinajstić information content (AvgIpc) is 2.63. The van der Waals surface area contributed by atoms with Crippen molar-refractivity contribution < 1.29 is 9.53 Å². The van der Waals surface area contributed by atoms with Crippen LogP contribution < -0.4 is 15.4 Å². The fraction of sp³-hybridized carbons (Fsp3) is 0.333. The largest absolute Gasteiger partial charge is 0.496 e. The van der Waals surface area contributed by atoms with E-state index in [1.807, 2.05) is 18.2 Å². The monoisotopic (exact) mass is 326 g/mol. The lowest BCUT2D eigenvalue weighted by Gasteiger charge is -2.36. The molecule has 1 aliphatic heterocycles. The van der Waals surface area contributed by atoms with Crippen LogP contribution >= 0.6 is 0 Å². The molecule has 2 aromatic rings. The van der Waals surface area contributed by atoms with Crippen molar-refractivity contribution in [2.24, 2.45) is 0 Å². The summed E-state index contributed by atoms with van der Waals surface area (Å²) >= 11 is 0. The molecule has 1 amide bonds. The molecule has 2 N–H and O–H groups in total. The third-order valence-corrected chi connectivity index (χ3v) is 4.16. The smallest absolute Gasteiger partial charge is 0.238 e. The van der Waals surface area contributed by atoms with Crippen LogP contribution in [0.5, 0.6) is 5.75 Å². The Balaban J connectivity index is 1.71. The molecular weight excluding hydrogens is 304 g/mol. The topological polar surface area (TPSA) is 66.5 Å². The van der Waals surface area contributed by atoms with E-state index in [9.17, 15) is 4.79 Å². The minimum absolute atomic E-state index is 0.0250. The lowest BCUT2D eigenvalue weighted by molar-refractivity contribution is -0.118. The Morgan fingerprint density at radius 2 is 2.12 bits per heavy atom. The van der Waals surface area contributed by atoms with Gasteiger partial charge in [-0.1, -0.05) is 18.2 Å². The zero-order valence-electron chi connectivity index (χ0n) is 13.7. The molecule has 2 heterocycles. The number of aromatic nitrogens is 1. The van der Waals surface area contributed by atoms with Crippen molar-refractivity contribution in [3.05, 3.63) is 54.4 Å². The summed E-state index contributed by atoms with van der Waals surface area (Å²) in [5, 5.41) is 6.32. The van der Waals surface area contributed by atoms with Gasteiger partial charge in [-0.05, 0) is 18.2 Å². The van der Waals surface area contributed by atoms with Gasteiger partial charge in [0.1, 0.15) is 5.75 Å². The van der Waals surface area contributed by atoms with Crippen LogP contribution in [-0.4, -0.2) is 49.1 Å². The second kappa shape index (κ2) is 7.90. The first kappa shape index (κ1) is 16.4. The summed E-state index contributed by atoms with van der Waals surface area (Å²) in [6.45, 7) is 2.82. The Kier molecular flexibility index (Phi) is 5.40. The van der Waals surface area contributed by atoms with E-state index >= 15 is 0 Å². The van der Waals surface area contributed by atoms with Gasteiger partial charge in [0, 0.05) is 43.3 Å². The standard InChI is InChI=1S/C18H22N4O2/c1-24-17-5-3-2-4-15(17)16-12-20-10-11-22(16)13-18(23)21-14-6-8-19-9-7-14/h2-9,16,20H,10-13H2,1H3,(H,19,21,23). The first-order valence-electron chi connectivity index (χ1n) is 8.05. The highest BCUT2D eigenvalue weighted by Crippen LogP contribution is 2.29. The molecule has 0 saturated carbocycles. The third kappa shape index (κ3) is 3.90. The number of nitrogens with one attached hydrogen (secondary N) is 2. The summed E-state index contributed by atoms with van der Waals surface area (Å²) in [4.78, 5) is 18.5. The van der Waals surface area contributed by atoms with E-state index in [1.54, 1.807) is 31.6 Å². The van der Waals surface area contributed by atoms with Crippen LogP contribution in [0.4, 0.5) is 5.69 Å². The number of rotatable bonds is 5. The van der Waals surface area contributed by atoms with Crippen molar-refractivity contribution in [2.45, 2.75) is 6.04 Å². The first-order chi connectivity index (χ1) is 11.8. The predicted octanol–water partition coefficient (Wildman–Crippen LogP) is 1.68. The maximum absolute atomic E-state index is 12.4. The van der Waals surface area contributed by atoms with Gasteiger partial charge in [0.15, 0.2) is 0 Å². The quantitative estimate of drug-likeness (QED) is 0.875. The van der Waals surface area contributed by atoms with E-state index in [0.717, 1.165) is 36.6 Å². The van der Waals surface area contributed by atoms with Crippen molar-refractivity contribution in [3.63, 3.8) is 0 Å². The average molecular weight is 326 g/mol. The van der Waals surface area contributed by atoms with Crippen LogP contribution in [0.1, 0.15) is 11.6 Å². The SMILES string of the molecule is COc1ccccc1C1CNCCN1CC(=O)Nc1ccncc1. The molecule has 0 bridgehead atoms. The number of ether oxygens (including phenoxy) is 1. The minimum atomic E-state index is -0.0250. The lowest BCUT2D eigenvalue weighted by Crippen LogP contribution is -2.48. The predicted molar refractivity (Wildman–Crippen MR) is 93.0 cm³/mol. The van der Waals surface area contributed by atoms with Gasteiger partial charge in [-0.3, -0.25) is 14.7 Å². The van der Waals surface area contributed by atoms with Crippen LogP contribution in [0.15, 0.2) is 48.8 Å². The van der Waals surface area contributed by atoms with E-state index in [1.165, 1.54) is 0 Å². The Bertz CT molecular complexity index is 678. The molecule has 1 fully saturated rings. The van der Waals surface area contributed by atoms with Gasteiger partial charge in [0.25, 0.3) is 0 Å². The van der Waals surface area contributed by atoms with Crippen molar-refractivity contribution in [3.8, 4) is 5.75 Å². The van der Waals surface area contributed by atoms with Gasteiger partial charge in [-0.25, -0.2) is 0 Å². The second-order valence-electron chi connectivity index (χ2n) is 5.72. The number of pyridine rings is 1. The number of hydrogen-bond donors (Lipinski definition) is 2. The normalized spacial score (nSPS) is 18.1. The number of piperazine rings is 1. The summed E-state index contributed by atoms with van der Waals surface area (Å²) in [6.07, 6.45) is 3.33. The van der Waals surface area contributed by atoms with Crippen molar-refractivity contribution in [1.82, 2.24) is 15.2 Å². The number of amides is 1. The van der Waals surface area contributed by atoms with Crippen LogP contribution in [-0.2, 0) is 4.79 Å². The number of carbonyl (C=O) groups is 1. The Hall–Kier alpha value is -2.44. The molecule has 6 heteroatoms. The Morgan fingerprint density at radius 3 is 2.92 bits per heavy atom. The molecule has 126 valence electrons. The molecule has 0 aliphatic carbocycles. The highest BCUT2D eigenvalue weighted by Gasteiger charge is 2.27. The van der Waals surface area contributed by atoms with Gasteiger partial charge in [-0.2, -0.15) is 0 Å². The third-order valence-electron chi connectivity index (χ3n) is 4.16. The maximum Gasteiger partial charge on any atom is 0.238 e. The number of para-hydroxylation sites is 1. The minimum Gasteiger partial charge on any atom is -0.496 e. The maximum atomic E-state index is 12.4. The number of anilines is 1. The van der Waals surface area contributed by atoms with E-state index in [2.05, 4.69) is 26.6 Å². The van der Waals surface area contributed by atoms with Gasteiger partial charge in [0.2, 0.25) is 5.91 Å². The molecule has 24 heavy (non-hydrogen) atoms. The summed E-state index contributed by atoms with van der Waals surface area (Å²) in [6, 6.07) is 11.7. The van der Waals surface area contributed by atoms with Gasteiger partial charge in [0.05, 0.1) is 19.7 Å². The highest BCUT2D eigenvalue weighted by atomic mass is 16.5. The fourth-order valence-corrected chi connectivity index (χ4v) is 3.00. The molecule has 6 nitrogen and oxygen atoms in total. The van der Waals surface area contributed by atoms with Crippen molar-refractivity contribution >= 4 is 11.6 Å². The number of nitrogens with zero attached hydrogens (tertiary/aromatic N) is 2. The molecule has 1 aromatic heterocycles. The lowest BCUT2D eigenvalue weighted by atomic mass is 10.0. The number of hydrogen-bond acceptors (Lipinski definition) is 5. The van der Waals surface area contributed by atoms with Crippen molar-refractivity contribution in [1.29, 1.82) is 0 Å². The molecular formula is C18H22N4O2. The first-order valence-corrected chi connectivity index (χ1v) is 8.05. The van der Waals surface area contributed by atoms with Crippen LogP contribution in [0.2, 0.25) is 0 Å². The van der Waals surface area contributed by atoms with Gasteiger partial charge in [-0.15, -0.1) is 0 Å². The zero-order valence-corrected chi connectivity index (χ0v) is 13.7. The zero-order chi connectivity index (χ0) is 16.8. The molecule has 3 rings (SSSR count). The van der Waals surface area contributed by atoms with Gasteiger partial charge >= 0.3 is 0 Å². The number of benzene rings is 1. The molecule has 1 saturated heterocycles. The van der Waals surface area contributed by atoms with Crippen LogP contribution in [0, 0.1) is 0 Å². The van der Waals surface area contributed by atoms with E-state index in [4.69, 9.17) is 4.74 Å². The van der Waals surface area contributed by atoms with E-state index < -0.39 is 0 Å². The van der Waals surface area contributed by atoms with E-state index in [-0.39, 0.29) is 11.9 Å². The number of methoxy groups -OCH3 is 1. The summed E-state index contributed by atoms with van der Waals surface area (Å²) < 4.78 is 5.49.